The molecule has 0 saturated heterocycles. The highest BCUT2D eigenvalue weighted by atomic mass is 32.1. The first-order valence-corrected chi connectivity index (χ1v) is 7.13. The second-order valence-electron chi connectivity index (χ2n) is 5.00. The fraction of sp³-hybridized carbons (Fsp3) is 0.0526. The molecule has 0 aliphatic heterocycles. The highest BCUT2D eigenvalue weighted by Crippen LogP contribution is 2.27. The Kier molecular flexibility index (Phi) is 3.62. The molecule has 1 heteroatoms. The molecule has 0 amide bonds. The Labute approximate surface area is 125 Å². The van der Waals surface area contributed by atoms with Crippen LogP contribution in [0.25, 0.3) is 22.3 Å². The molecule has 0 heterocycles. The van der Waals surface area contributed by atoms with Crippen molar-refractivity contribution in [3.8, 4) is 22.3 Å². The maximum Gasteiger partial charge on any atom is 0.00461 e. The van der Waals surface area contributed by atoms with E-state index in [2.05, 4.69) is 80.2 Å². The van der Waals surface area contributed by atoms with Crippen molar-refractivity contribution >= 4 is 12.6 Å². The zero-order valence-electron chi connectivity index (χ0n) is 11.4. The SMILES string of the molecule is Cc1cccc(-c2cccc(-c3cccc(S)c3)c2)c1. The lowest BCUT2D eigenvalue weighted by Crippen LogP contribution is -1.82. The van der Waals surface area contributed by atoms with Crippen molar-refractivity contribution in [3.05, 3.63) is 78.4 Å². The molecule has 0 spiro atoms. The van der Waals surface area contributed by atoms with Gasteiger partial charge in [0.2, 0.25) is 0 Å². The molecule has 98 valence electrons. The standard InChI is InChI=1S/C19H16S/c1-14-5-2-6-15(11-14)16-7-3-8-17(12-16)18-9-4-10-19(20)13-18/h2-13,20H,1H3. The predicted molar refractivity (Wildman–Crippen MR) is 89.3 cm³/mol. The van der Waals surface area contributed by atoms with Crippen molar-refractivity contribution in [3.63, 3.8) is 0 Å². The van der Waals surface area contributed by atoms with Crippen LogP contribution in [0.4, 0.5) is 0 Å². The zero-order valence-corrected chi connectivity index (χ0v) is 12.3. The summed E-state index contributed by atoms with van der Waals surface area (Å²) in [7, 11) is 0. The lowest BCUT2D eigenvalue weighted by molar-refractivity contribution is 1.45. The first-order chi connectivity index (χ1) is 9.72. The van der Waals surface area contributed by atoms with Gasteiger partial charge in [0.25, 0.3) is 0 Å². The van der Waals surface area contributed by atoms with E-state index in [0.717, 1.165) is 4.90 Å². The first kappa shape index (κ1) is 13.0. The summed E-state index contributed by atoms with van der Waals surface area (Å²) < 4.78 is 0. The topological polar surface area (TPSA) is 0 Å². The van der Waals surface area contributed by atoms with Gasteiger partial charge < -0.3 is 0 Å². The van der Waals surface area contributed by atoms with E-state index in [1.54, 1.807) is 0 Å². The van der Waals surface area contributed by atoms with Gasteiger partial charge in [0, 0.05) is 4.90 Å². The summed E-state index contributed by atoms with van der Waals surface area (Å²) in [5, 5.41) is 0. The van der Waals surface area contributed by atoms with Crippen LogP contribution in [0.1, 0.15) is 5.56 Å². The third-order valence-corrected chi connectivity index (χ3v) is 3.67. The van der Waals surface area contributed by atoms with Gasteiger partial charge in [0.1, 0.15) is 0 Å². The fourth-order valence-corrected chi connectivity index (χ4v) is 2.61. The quantitative estimate of drug-likeness (QED) is 0.577. The summed E-state index contributed by atoms with van der Waals surface area (Å²) in [6.45, 7) is 2.12. The van der Waals surface area contributed by atoms with Crippen LogP contribution in [-0.4, -0.2) is 0 Å². The van der Waals surface area contributed by atoms with E-state index in [4.69, 9.17) is 0 Å². The monoisotopic (exact) mass is 276 g/mol. The number of benzene rings is 3. The van der Waals surface area contributed by atoms with Gasteiger partial charge in [-0.2, -0.15) is 0 Å². The summed E-state index contributed by atoms with van der Waals surface area (Å²) in [6.07, 6.45) is 0. The maximum atomic E-state index is 4.41. The fourth-order valence-electron chi connectivity index (χ4n) is 2.39. The van der Waals surface area contributed by atoms with E-state index in [-0.39, 0.29) is 0 Å². The smallest absolute Gasteiger partial charge is 0.00461 e. The van der Waals surface area contributed by atoms with Crippen molar-refractivity contribution in [1.82, 2.24) is 0 Å². The van der Waals surface area contributed by atoms with Crippen molar-refractivity contribution in [2.24, 2.45) is 0 Å². The number of hydrogen-bond donors (Lipinski definition) is 1. The zero-order chi connectivity index (χ0) is 13.9. The third kappa shape index (κ3) is 2.78. The average molecular weight is 276 g/mol. The normalized spacial score (nSPS) is 10.5. The molecular weight excluding hydrogens is 260 g/mol. The molecule has 0 aromatic heterocycles. The van der Waals surface area contributed by atoms with Crippen LogP contribution in [0.5, 0.6) is 0 Å². The largest absolute Gasteiger partial charge is 0.143 e. The summed E-state index contributed by atoms with van der Waals surface area (Å²) in [5.74, 6) is 0. The maximum absolute atomic E-state index is 4.41. The first-order valence-electron chi connectivity index (χ1n) is 6.69. The molecule has 0 nitrogen and oxygen atoms in total. The van der Waals surface area contributed by atoms with Crippen LogP contribution in [0.15, 0.2) is 77.7 Å². The Balaban J connectivity index is 2.06. The third-order valence-electron chi connectivity index (χ3n) is 3.39. The van der Waals surface area contributed by atoms with E-state index >= 15 is 0 Å². The number of aryl methyl sites for hydroxylation is 1. The van der Waals surface area contributed by atoms with Crippen LogP contribution in [0.3, 0.4) is 0 Å². The van der Waals surface area contributed by atoms with E-state index < -0.39 is 0 Å². The summed E-state index contributed by atoms with van der Waals surface area (Å²) in [6, 6.07) is 25.5. The lowest BCUT2D eigenvalue weighted by atomic mass is 9.98. The second-order valence-corrected chi connectivity index (χ2v) is 5.52. The molecule has 0 bridgehead atoms. The number of thiol groups is 1. The highest BCUT2D eigenvalue weighted by Gasteiger charge is 2.02. The van der Waals surface area contributed by atoms with E-state index in [1.807, 2.05) is 12.1 Å². The molecule has 0 aliphatic rings. The molecule has 3 aromatic rings. The van der Waals surface area contributed by atoms with Gasteiger partial charge in [0.05, 0.1) is 0 Å². The minimum atomic E-state index is 0.989. The van der Waals surface area contributed by atoms with Crippen molar-refractivity contribution < 1.29 is 0 Å². The Morgan fingerprint density at radius 1 is 0.600 bits per heavy atom. The molecule has 0 unspecified atom stereocenters. The van der Waals surface area contributed by atoms with Crippen LogP contribution in [-0.2, 0) is 0 Å². The van der Waals surface area contributed by atoms with Gasteiger partial charge in [-0.05, 0) is 47.4 Å². The second kappa shape index (κ2) is 5.56. The van der Waals surface area contributed by atoms with Crippen molar-refractivity contribution in [2.45, 2.75) is 11.8 Å². The van der Waals surface area contributed by atoms with E-state index in [0.29, 0.717) is 0 Å². The minimum absolute atomic E-state index is 0.989. The molecule has 3 rings (SSSR count). The molecule has 0 atom stereocenters. The molecule has 0 N–H and O–H groups in total. The van der Waals surface area contributed by atoms with E-state index in [9.17, 15) is 0 Å². The minimum Gasteiger partial charge on any atom is -0.143 e. The molecule has 0 radical (unpaired) electrons. The molecular formula is C19H16S. The van der Waals surface area contributed by atoms with Gasteiger partial charge in [0.15, 0.2) is 0 Å². The Hall–Kier alpha value is -1.99. The van der Waals surface area contributed by atoms with Gasteiger partial charge in [-0.3, -0.25) is 0 Å². The Morgan fingerprint density at radius 2 is 1.10 bits per heavy atom. The Morgan fingerprint density at radius 3 is 1.70 bits per heavy atom. The summed E-state index contributed by atoms with van der Waals surface area (Å²) in [4.78, 5) is 0.989. The number of hydrogen-bond acceptors (Lipinski definition) is 1. The lowest BCUT2D eigenvalue weighted by Gasteiger charge is -2.07. The molecule has 0 aliphatic carbocycles. The van der Waals surface area contributed by atoms with Crippen LogP contribution >= 0.6 is 12.6 Å². The van der Waals surface area contributed by atoms with Crippen molar-refractivity contribution in [1.29, 1.82) is 0 Å². The molecule has 0 saturated carbocycles. The summed E-state index contributed by atoms with van der Waals surface area (Å²) >= 11 is 4.41. The van der Waals surface area contributed by atoms with Gasteiger partial charge in [-0.15, -0.1) is 12.6 Å². The van der Waals surface area contributed by atoms with Gasteiger partial charge in [-0.1, -0.05) is 60.2 Å². The highest BCUT2D eigenvalue weighted by molar-refractivity contribution is 7.80. The van der Waals surface area contributed by atoms with Crippen LogP contribution < -0.4 is 0 Å². The summed E-state index contributed by atoms with van der Waals surface area (Å²) in [5.41, 5.74) is 6.21. The number of rotatable bonds is 2. The van der Waals surface area contributed by atoms with Gasteiger partial charge >= 0.3 is 0 Å². The van der Waals surface area contributed by atoms with Crippen LogP contribution in [0, 0.1) is 6.92 Å². The van der Waals surface area contributed by atoms with Crippen LogP contribution in [0.2, 0.25) is 0 Å². The molecule has 20 heavy (non-hydrogen) atoms. The predicted octanol–water partition coefficient (Wildman–Crippen LogP) is 5.62. The van der Waals surface area contributed by atoms with E-state index in [1.165, 1.54) is 27.8 Å². The van der Waals surface area contributed by atoms with Gasteiger partial charge in [-0.25, -0.2) is 0 Å². The van der Waals surface area contributed by atoms with Crippen molar-refractivity contribution in [2.75, 3.05) is 0 Å². The molecule has 0 fully saturated rings. The average Bonchev–Trinajstić information content (AvgIpc) is 2.47. The Bertz CT molecular complexity index is 683. The molecule has 3 aromatic carbocycles.